The molecular weight excluding hydrogens is 512 g/mol. The molecule has 0 heterocycles. The highest BCUT2D eigenvalue weighted by atomic mass is 16.5. The molecule has 0 aliphatic heterocycles. The Kier molecular flexibility index (Phi) is 7.89. The second-order valence-electron chi connectivity index (χ2n) is 10.2. The summed E-state index contributed by atoms with van der Waals surface area (Å²) in [6.07, 6.45) is 13.1. The molecule has 6 aromatic carbocycles. The minimum absolute atomic E-state index is 0.543. The second-order valence-corrected chi connectivity index (χ2v) is 10.2. The molecule has 0 unspecified atom stereocenters. The van der Waals surface area contributed by atoms with Gasteiger partial charge in [-0.2, -0.15) is 0 Å². The van der Waals surface area contributed by atoms with E-state index in [4.69, 9.17) is 22.3 Å². The average molecular weight is 543 g/mol. The molecule has 2 heteroatoms. The minimum atomic E-state index is 0.543. The molecule has 2 nitrogen and oxygen atoms in total. The van der Waals surface area contributed by atoms with E-state index < -0.39 is 0 Å². The maximum absolute atomic E-state index is 6.55. The van der Waals surface area contributed by atoms with Crippen LogP contribution in [0.3, 0.4) is 0 Å². The SMILES string of the molecule is C#Cc1ccc2c(-c3c(OCCc4ccccc4)ccc4cc(C#C)ccc34)c(OCCc3ccccc3)ccc2c1. The van der Waals surface area contributed by atoms with Crippen LogP contribution in [0, 0.1) is 24.7 Å². The molecule has 0 aliphatic rings. The summed E-state index contributed by atoms with van der Waals surface area (Å²) in [6.45, 7) is 1.09. The van der Waals surface area contributed by atoms with Crippen LogP contribution >= 0.6 is 0 Å². The Morgan fingerprint density at radius 3 is 1.31 bits per heavy atom. The van der Waals surface area contributed by atoms with E-state index in [2.05, 4.69) is 84.6 Å². The molecule has 0 spiro atoms. The van der Waals surface area contributed by atoms with Gasteiger partial charge in [-0.25, -0.2) is 0 Å². The molecule has 6 rings (SSSR count). The third kappa shape index (κ3) is 5.71. The highest BCUT2D eigenvalue weighted by molar-refractivity contribution is 6.10. The van der Waals surface area contributed by atoms with Crippen molar-refractivity contribution in [2.45, 2.75) is 12.8 Å². The van der Waals surface area contributed by atoms with Crippen molar-refractivity contribution >= 4 is 21.5 Å². The van der Waals surface area contributed by atoms with Gasteiger partial charge in [0.05, 0.1) is 13.2 Å². The van der Waals surface area contributed by atoms with Gasteiger partial charge in [-0.05, 0) is 69.1 Å². The van der Waals surface area contributed by atoms with Gasteiger partial charge in [-0.15, -0.1) is 12.8 Å². The van der Waals surface area contributed by atoms with Crippen LogP contribution in [-0.2, 0) is 12.8 Å². The summed E-state index contributed by atoms with van der Waals surface area (Å²) in [7, 11) is 0. The summed E-state index contributed by atoms with van der Waals surface area (Å²) in [4.78, 5) is 0. The van der Waals surface area contributed by atoms with E-state index in [1.807, 2.05) is 48.5 Å². The van der Waals surface area contributed by atoms with Crippen molar-refractivity contribution in [1.82, 2.24) is 0 Å². The third-order valence-electron chi connectivity index (χ3n) is 7.53. The molecule has 0 fully saturated rings. The number of benzene rings is 6. The van der Waals surface area contributed by atoms with E-state index in [1.54, 1.807) is 0 Å². The first kappa shape index (κ1) is 26.8. The van der Waals surface area contributed by atoms with Crippen LogP contribution in [0.15, 0.2) is 121 Å². The van der Waals surface area contributed by atoms with Crippen LogP contribution < -0.4 is 9.47 Å². The maximum Gasteiger partial charge on any atom is 0.127 e. The van der Waals surface area contributed by atoms with Gasteiger partial charge in [0, 0.05) is 35.1 Å². The summed E-state index contributed by atoms with van der Waals surface area (Å²) in [5.41, 5.74) is 6.10. The van der Waals surface area contributed by atoms with Gasteiger partial charge >= 0.3 is 0 Å². The largest absolute Gasteiger partial charge is 0.493 e. The van der Waals surface area contributed by atoms with Gasteiger partial charge in [0.1, 0.15) is 11.5 Å². The van der Waals surface area contributed by atoms with Crippen LogP contribution in [0.4, 0.5) is 0 Å². The molecular formula is C40H30O2. The van der Waals surface area contributed by atoms with E-state index in [9.17, 15) is 0 Å². The number of hydrogen-bond donors (Lipinski definition) is 0. The van der Waals surface area contributed by atoms with Gasteiger partial charge in [0.2, 0.25) is 0 Å². The zero-order chi connectivity index (χ0) is 28.7. The van der Waals surface area contributed by atoms with Crippen molar-refractivity contribution in [2.75, 3.05) is 13.2 Å². The lowest BCUT2D eigenvalue weighted by Gasteiger charge is -2.20. The van der Waals surface area contributed by atoms with E-state index in [0.29, 0.717) is 13.2 Å². The summed E-state index contributed by atoms with van der Waals surface area (Å²) >= 11 is 0. The molecule has 202 valence electrons. The fourth-order valence-corrected chi connectivity index (χ4v) is 5.40. The maximum atomic E-state index is 6.55. The molecule has 0 aliphatic carbocycles. The molecule has 0 amide bonds. The average Bonchev–Trinajstić information content (AvgIpc) is 3.05. The zero-order valence-corrected chi connectivity index (χ0v) is 23.3. The van der Waals surface area contributed by atoms with Gasteiger partial charge in [0.15, 0.2) is 0 Å². The van der Waals surface area contributed by atoms with Crippen molar-refractivity contribution in [1.29, 1.82) is 0 Å². The monoisotopic (exact) mass is 542 g/mol. The molecule has 0 bridgehead atoms. The normalized spacial score (nSPS) is 10.7. The molecule has 0 aromatic heterocycles. The Bertz CT molecular complexity index is 1800. The Morgan fingerprint density at radius 1 is 0.476 bits per heavy atom. The predicted octanol–water partition coefficient (Wildman–Crippen LogP) is 8.87. The van der Waals surface area contributed by atoms with Gasteiger partial charge < -0.3 is 9.47 Å². The quantitative estimate of drug-likeness (QED) is 0.170. The second kappa shape index (κ2) is 12.4. The lowest BCUT2D eigenvalue weighted by Crippen LogP contribution is -2.05. The van der Waals surface area contributed by atoms with Crippen LogP contribution in [0.1, 0.15) is 22.3 Å². The van der Waals surface area contributed by atoms with Crippen molar-refractivity contribution in [2.24, 2.45) is 0 Å². The smallest absolute Gasteiger partial charge is 0.127 e. The van der Waals surface area contributed by atoms with Gasteiger partial charge in [0.25, 0.3) is 0 Å². The summed E-state index contributed by atoms with van der Waals surface area (Å²) in [6, 6.07) is 41.3. The Hall–Kier alpha value is -5.44. The van der Waals surface area contributed by atoms with Gasteiger partial charge in [-0.1, -0.05) is 96.8 Å². The molecule has 0 N–H and O–H groups in total. The summed E-state index contributed by atoms with van der Waals surface area (Å²) in [5.74, 6) is 7.13. The summed E-state index contributed by atoms with van der Waals surface area (Å²) < 4.78 is 13.1. The van der Waals surface area contributed by atoms with Crippen LogP contribution in [0.25, 0.3) is 32.7 Å². The van der Waals surface area contributed by atoms with Gasteiger partial charge in [-0.3, -0.25) is 0 Å². The first-order valence-corrected chi connectivity index (χ1v) is 14.1. The minimum Gasteiger partial charge on any atom is -0.493 e. The molecule has 0 atom stereocenters. The molecule has 42 heavy (non-hydrogen) atoms. The van der Waals surface area contributed by atoms with E-state index in [0.717, 1.165) is 68.1 Å². The molecule has 0 saturated carbocycles. The van der Waals surface area contributed by atoms with Crippen LogP contribution in [0.5, 0.6) is 11.5 Å². The highest BCUT2D eigenvalue weighted by Crippen LogP contribution is 2.46. The lowest BCUT2D eigenvalue weighted by molar-refractivity contribution is 0.319. The Morgan fingerprint density at radius 2 is 0.905 bits per heavy atom. The van der Waals surface area contributed by atoms with Crippen molar-refractivity contribution < 1.29 is 9.47 Å². The number of hydrogen-bond acceptors (Lipinski definition) is 2. The van der Waals surface area contributed by atoms with Crippen molar-refractivity contribution in [3.8, 4) is 47.3 Å². The summed E-state index contributed by atoms with van der Waals surface area (Å²) in [5, 5.41) is 4.19. The highest BCUT2D eigenvalue weighted by Gasteiger charge is 2.20. The molecule has 0 saturated heterocycles. The topological polar surface area (TPSA) is 18.5 Å². The molecule has 0 radical (unpaired) electrons. The van der Waals surface area contributed by atoms with Crippen molar-refractivity contribution in [3.63, 3.8) is 0 Å². The number of fused-ring (bicyclic) bond motifs is 2. The Labute approximate surface area is 247 Å². The number of terminal acetylenes is 2. The zero-order valence-electron chi connectivity index (χ0n) is 23.3. The van der Waals surface area contributed by atoms with E-state index in [-0.39, 0.29) is 0 Å². The first-order chi connectivity index (χ1) is 20.7. The number of rotatable bonds is 9. The predicted molar refractivity (Wildman–Crippen MR) is 174 cm³/mol. The fourth-order valence-electron chi connectivity index (χ4n) is 5.40. The van der Waals surface area contributed by atoms with E-state index >= 15 is 0 Å². The van der Waals surface area contributed by atoms with Crippen molar-refractivity contribution in [3.05, 3.63) is 144 Å². The lowest BCUT2D eigenvalue weighted by atomic mass is 9.91. The van der Waals surface area contributed by atoms with Crippen LogP contribution in [0.2, 0.25) is 0 Å². The fraction of sp³-hybridized carbons (Fsp3) is 0.100. The van der Waals surface area contributed by atoms with Crippen LogP contribution in [-0.4, -0.2) is 13.2 Å². The third-order valence-corrected chi connectivity index (χ3v) is 7.53. The first-order valence-electron chi connectivity index (χ1n) is 14.1. The van der Waals surface area contributed by atoms with E-state index in [1.165, 1.54) is 11.1 Å². The standard InChI is InChI=1S/C40H30O2/c1-3-29-15-19-35-33(27-29)17-21-37(41-25-23-31-11-7-5-8-12-31)39(35)40-36-20-16-30(4-2)28-34(36)18-22-38(40)42-26-24-32-13-9-6-10-14-32/h1-2,5-22,27-28H,23-26H2. The molecule has 6 aromatic rings. The number of ether oxygens (including phenoxy) is 2. The Balaban J connectivity index is 1.49.